The highest BCUT2D eigenvalue weighted by Crippen LogP contribution is 2.17. The molecule has 2 nitrogen and oxygen atoms in total. The second-order valence-corrected chi connectivity index (χ2v) is 4.78. The van der Waals surface area contributed by atoms with Crippen molar-refractivity contribution in [3.63, 3.8) is 0 Å². The van der Waals surface area contributed by atoms with Crippen LogP contribution in [0.2, 0.25) is 0 Å². The van der Waals surface area contributed by atoms with Gasteiger partial charge in [-0.15, -0.1) is 0 Å². The van der Waals surface area contributed by atoms with Gasteiger partial charge in [-0.1, -0.05) is 12.1 Å². The zero-order valence-corrected chi connectivity index (χ0v) is 10.6. The molecule has 0 heterocycles. The third-order valence-corrected chi connectivity index (χ3v) is 3.08. The molecule has 15 heavy (non-hydrogen) atoms. The molecule has 1 aromatic carbocycles. The number of nitrogens with two attached hydrogens (primary N) is 1. The van der Waals surface area contributed by atoms with Crippen LogP contribution < -0.4 is 10.6 Å². The minimum Gasteiger partial charge on any atom is -0.374 e. The molecule has 2 N–H and O–H groups in total. The lowest BCUT2D eigenvalue weighted by atomic mass is 10.1. The summed E-state index contributed by atoms with van der Waals surface area (Å²) in [6.45, 7) is 3.09. The van der Waals surface area contributed by atoms with Crippen molar-refractivity contribution < 1.29 is 0 Å². The highest BCUT2D eigenvalue weighted by Gasteiger charge is 2.02. The van der Waals surface area contributed by atoms with Crippen molar-refractivity contribution in [1.29, 1.82) is 0 Å². The average molecular weight is 224 g/mol. The normalized spacial score (nSPS) is 12.5. The number of hydrogen-bond acceptors (Lipinski definition) is 3. The van der Waals surface area contributed by atoms with Gasteiger partial charge in [0.25, 0.3) is 0 Å². The van der Waals surface area contributed by atoms with E-state index in [1.807, 2.05) is 18.7 Å². The van der Waals surface area contributed by atoms with Gasteiger partial charge < -0.3 is 10.6 Å². The summed E-state index contributed by atoms with van der Waals surface area (Å²) >= 11 is 1.87. The lowest BCUT2D eigenvalue weighted by molar-refractivity contribution is 0.817. The van der Waals surface area contributed by atoms with Crippen molar-refractivity contribution in [2.75, 3.05) is 30.5 Å². The van der Waals surface area contributed by atoms with Crippen molar-refractivity contribution >= 4 is 17.4 Å². The van der Waals surface area contributed by atoms with Crippen LogP contribution in [0.4, 0.5) is 5.69 Å². The molecule has 0 aliphatic carbocycles. The van der Waals surface area contributed by atoms with Crippen LogP contribution in [0.15, 0.2) is 24.3 Å². The van der Waals surface area contributed by atoms with E-state index in [0.29, 0.717) is 0 Å². The number of nitrogens with zero attached hydrogens (tertiary/aromatic N) is 1. The summed E-state index contributed by atoms with van der Waals surface area (Å²) in [5, 5.41) is 0. The maximum atomic E-state index is 5.80. The predicted molar refractivity (Wildman–Crippen MR) is 70.7 cm³/mol. The molecule has 0 spiro atoms. The Morgan fingerprint density at radius 2 is 1.93 bits per heavy atom. The van der Waals surface area contributed by atoms with Crippen LogP contribution in [0.1, 0.15) is 18.5 Å². The summed E-state index contributed by atoms with van der Waals surface area (Å²) in [7, 11) is 2.12. The molecule has 1 rings (SSSR count). The molecule has 0 radical (unpaired) electrons. The standard InChI is InChI=1S/C12H20N2S/c1-10(13)11-4-6-12(7-5-11)14(2)8-9-15-3/h4-7,10H,8-9,13H2,1-3H3. The fourth-order valence-electron chi connectivity index (χ4n) is 1.39. The van der Waals surface area contributed by atoms with Crippen molar-refractivity contribution in [3.05, 3.63) is 29.8 Å². The first kappa shape index (κ1) is 12.4. The molecule has 0 aliphatic rings. The van der Waals surface area contributed by atoms with Gasteiger partial charge in [0.15, 0.2) is 0 Å². The topological polar surface area (TPSA) is 29.3 Å². The summed E-state index contributed by atoms with van der Waals surface area (Å²) in [5.41, 5.74) is 8.25. The van der Waals surface area contributed by atoms with E-state index in [2.05, 4.69) is 42.5 Å². The van der Waals surface area contributed by atoms with E-state index >= 15 is 0 Å². The minimum atomic E-state index is 0.121. The van der Waals surface area contributed by atoms with Crippen LogP contribution in [0.25, 0.3) is 0 Å². The first-order valence-corrected chi connectivity index (χ1v) is 6.60. The zero-order valence-electron chi connectivity index (χ0n) is 9.73. The van der Waals surface area contributed by atoms with Gasteiger partial charge >= 0.3 is 0 Å². The van der Waals surface area contributed by atoms with Crippen LogP contribution in [-0.4, -0.2) is 25.6 Å². The van der Waals surface area contributed by atoms with Gasteiger partial charge in [0.05, 0.1) is 0 Å². The first-order valence-electron chi connectivity index (χ1n) is 5.20. The maximum absolute atomic E-state index is 5.80. The van der Waals surface area contributed by atoms with E-state index in [1.54, 1.807) is 0 Å². The molecular weight excluding hydrogens is 204 g/mol. The molecule has 3 heteroatoms. The predicted octanol–water partition coefficient (Wildman–Crippen LogP) is 2.51. The average Bonchev–Trinajstić information content (AvgIpc) is 2.26. The Labute approximate surface area is 96.8 Å². The Hall–Kier alpha value is -0.670. The second kappa shape index (κ2) is 6.03. The van der Waals surface area contributed by atoms with Crippen molar-refractivity contribution in [1.82, 2.24) is 0 Å². The third kappa shape index (κ3) is 3.76. The van der Waals surface area contributed by atoms with E-state index in [4.69, 9.17) is 5.73 Å². The van der Waals surface area contributed by atoms with Gasteiger partial charge in [-0.3, -0.25) is 0 Å². The molecule has 1 atom stereocenters. The van der Waals surface area contributed by atoms with Crippen LogP contribution in [0.5, 0.6) is 0 Å². The highest BCUT2D eigenvalue weighted by molar-refractivity contribution is 7.98. The van der Waals surface area contributed by atoms with Crippen molar-refractivity contribution in [2.45, 2.75) is 13.0 Å². The Morgan fingerprint density at radius 3 is 2.40 bits per heavy atom. The molecule has 0 aromatic heterocycles. The first-order chi connectivity index (χ1) is 7.15. The van der Waals surface area contributed by atoms with Crippen LogP contribution in [-0.2, 0) is 0 Å². The van der Waals surface area contributed by atoms with Gasteiger partial charge in [0, 0.05) is 31.1 Å². The fraction of sp³-hybridized carbons (Fsp3) is 0.500. The molecule has 0 saturated carbocycles. The van der Waals surface area contributed by atoms with Crippen LogP contribution >= 0.6 is 11.8 Å². The largest absolute Gasteiger partial charge is 0.374 e. The molecule has 84 valence electrons. The summed E-state index contributed by atoms with van der Waals surface area (Å²) in [6, 6.07) is 8.61. The Balaban J connectivity index is 2.62. The van der Waals surface area contributed by atoms with Crippen molar-refractivity contribution in [3.8, 4) is 0 Å². The van der Waals surface area contributed by atoms with E-state index in [1.165, 1.54) is 11.3 Å². The SMILES string of the molecule is CSCCN(C)c1ccc(C(C)N)cc1. The Bertz CT molecular complexity index is 282. The quantitative estimate of drug-likeness (QED) is 0.833. The highest BCUT2D eigenvalue weighted by atomic mass is 32.2. The second-order valence-electron chi connectivity index (χ2n) is 3.79. The maximum Gasteiger partial charge on any atom is 0.0364 e. The Morgan fingerprint density at radius 1 is 1.33 bits per heavy atom. The molecular formula is C12H20N2S. The van der Waals surface area contributed by atoms with E-state index in [-0.39, 0.29) is 6.04 Å². The summed E-state index contributed by atoms with van der Waals surface area (Å²) < 4.78 is 0. The molecule has 1 unspecified atom stereocenters. The third-order valence-electron chi connectivity index (χ3n) is 2.49. The van der Waals surface area contributed by atoms with Gasteiger partial charge in [-0.25, -0.2) is 0 Å². The molecule has 0 aliphatic heterocycles. The van der Waals surface area contributed by atoms with Gasteiger partial charge in [-0.2, -0.15) is 11.8 Å². The Kier molecular flexibility index (Phi) is 4.99. The zero-order chi connectivity index (χ0) is 11.3. The van der Waals surface area contributed by atoms with E-state index in [0.717, 1.165) is 12.3 Å². The lowest BCUT2D eigenvalue weighted by Gasteiger charge is -2.19. The summed E-state index contributed by atoms with van der Waals surface area (Å²) in [6.07, 6.45) is 2.13. The van der Waals surface area contributed by atoms with Gasteiger partial charge in [0.2, 0.25) is 0 Å². The summed E-state index contributed by atoms with van der Waals surface area (Å²) in [5.74, 6) is 1.16. The fourth-order valence-corrected chi connectivity index (χ4v) is 1.85. The summed E-state index contributed by atoms with van der Waals surface area (Å²) in [4.78, 5) is 2.27. The van der Waals surface area contributed by atoms with Crippen LogP contribution in [0, 0.1) is 0 Å². The monoisotopic (exact) mass is 224 g/mol. The van der Waals surface area contributed by atoms with Crippen molar-refractivity contribution in [2.24, 2.45) is 5.73 Å². The smallest absolute Gasteiger partial charge is 0.0364 e. The van der Waals surface area contributed by atoms with Gasteiger partial charge in [-0.05, 0) is 30.9 Å². The van der Waals surface area contributed by atoms with E-state index < -0.39 is 0 Å². The van der Waals surface area contributed by atoms with E-state index in [9.17, 15) is 0 Å². The molecule has 0 saturated heterocycles. The number of hydrogen-bond donors (Lipinski definition) is 1. The number of anilines is 1. The minimum absolute atomic E-state index is 0.121. The van der Waals surface area contributed by atoms with Gasteiger partial charge in [0.1, 0.15) is 0 Å². The lowest BCUT2D eigenvalue weighted by Crippen LogP contribution is -2.20. The molecule has 1 aromatic rings. The molecule has 0 fully saturated rings. The van der Waals surface area contributed by atoms with Crippen LogP contribution in [0.3, 0.4) is 0 Å². The number of benzene rings is 1. The molecule has 0 bridgehead atoms. The number of rotatable bonds is 5. The number of thioether (sulfide) groups is 1. The molecule has 0 amide bonds.